The Bertz CT molecular complexity index is 371. The molecule has 0 radical (unpaired) electrons. The molecule has 5 nitrogen and oxygen atoms in total. The van der Waals surface area contributed by atoms with Gasteiger partial charge in [0.1, 0.15) is 0 Å². The van der Waals surface area contributed by atoms with E-state index in [1.54, 1.807) is 0 Å². The normalized spacial score (nSPS) is 19.1. The van der Waals surface area contributed by atoms with Crippen LogP contribution in [0.3, 0.4) is 0 Å². The molecule has 2 rings (SSSR count). The maximum Gasteiger partial charge on any atom is 0.0624 e. The summed E-state index contributed by atoms with van der Waals surface area (Å²) in [6.07, 6.45) is 4.09. The summed E-state index contributed by atoms with van der Waals surface area (Å²) in [4.78, 5) is 0. The second kappa shape index (κ2) is 6.31. The number of rotatable bonds is 5. The quantitative estimate of drug-likeness (QED) is 0.600. The van der Waals surface area contributed by atoms with Gasteiger partial charge in [-0.15, -0.1) is 0 Å². The maximum atomic E-state index is 5.72. The van der Waals surface area contributed by atoms with Gasteiger partial charge in [0, 0.05) is 38.4 Å². The van der Waals surface area contributed by atoms with Crippen LogP contribution in [0.15, 0.2) is 6.07 Å². The van der Waals surface area contributed by atoms with Crippen molar-refractivity contribution in [1.29, 1.82) is 0 Å². The zero-order chi connectivity index (χ0) is 13.0. The highest BCUT2D eigenvalue weighted by Crippen LogP contribution is 2.21. The van der Waals surface area contributed by atoms with Crippen molar-refractivity contribution in [3.05, 3.63) is 17.5 Å². The summed E-state index contributed by atoms with van der Waals surface area (Å²) in [5.41, 5.74) is 5.38. The molecule has 1 aromatic heterocycles. The fourth-order valence-corrected chi connectivity index (χ4v) is 2.64. The largest absolute Gasteiger partial charge is 0.381 e. The second-order valence-electron chi connectivity index (χ2n) is 5.03. The molecule has 1 atom stereocenters. The minimum absolute atomic E-state index is 0.314. The number of aryl methyl sites for hydroxylation is 2. The molecule has 2 heterocycles. The molecule has 1 aromatic rings. The van der Waals surface area contributed by atoms with Crippen LogP contribution in [0.25, 0.3) is 0 Å². The van der Waals surface area contributed by atoms with Crippen molar-refractivity contribution in [3.63, 3.8) is 0 Å². The van der Waals surface area contributed by atoms with Crippen LogP contribution in [-0.2, 0) is 24.6 Å². The highest BCUT2D eigenvalue weighted by molar-refractivity contribution is 5.11. The topological polar surface area (TPSA) is 65.1 Å². The molecular weight excluding hydrogens is 228 g/mol. The van der Waals surface area contributed by atoms with Gasteiger partial charge in [-0.25, -0.2) is 0 Å². The lowest BCUT2D eigenvalue weighted by Gasteiger charge is -2.29. The van der Waals surface area contributed by atoms with Crippen LogP contribution in [0.2, 0.25) is 0 Å². The first-order valence-electron chi connectivity index (χ1n) is 6.80. The molecule has 0 amide bonds. The van der Waals surface area contributed by atoms with Gasteiger partial charge in [-0.05, 0) is 31.2 Å². The molecule has 1 unspecified atom stereocenters. The number of nitrogens with zero attached hydrogens (tertiary/aromatic N) is 2. The molecule has 3 N–H and O–H groups in total. The van der Waals surface area contributed by atoms with E-state index in [0.717, 1.165) is 44.6 Å². The van der Waals surface area contributed by atoms with Gasteiger partial charge < -0.3 is 4.74 Å². The molecule has 0 saturated carbocycles. The van der Waals surface area contributed by atoms with E-state index in [-0.39, 0.29) is 0 Å². The molecule has 0 aromatic carbocycles. The highest BCUT2D eigenvalue weighted by Gasteiger charge is 2.24. The van der Waals surface area contributed by atoms with Crippen molar-refractivity contribution < 1.29 is 4.74 Å². The maximum absolute atomic E-state index is 5.72. The minimum atomic E-state index is 0.314. The lowest BCUT2D eigenvalue weighted by molar-refractivity contribution is 0.0535. The van der Waals surface area contributed by atoms with Crippen molar-refractivity contribution in [2.75, 3.05) is 13.2 Å². The van der Waals surface area contributed by atoms with E-state index in [9.17, 15) is 0 Å². The monoisotopic (exact) mass is 252 g/mol. The van der Waals surface area contributed by atoms with Crippen molar-refractivity contribution in [3.8, 4) is 0 Å². The Morgan fingerprint density at radius 2 is 2.28 bits per heavy atom. The van der Waals surface area contributed by atoms with Crippen LogP contribution >= 0.6 is 0 Å². The van der Waals surface area contributed by atoms with E-state index in [4.69, 9.17) is 10.6 Å². The molecule has 1 saturated heterocycles. The van der Waals surface area contributed by atoms with Crippen molar-refractivity contribution in [1.82, 2.24) is 15.2 Å². The third-order valence-corrected chi connectivity index (χ3v) is 3.87. The number of nitrogens with one attached hydrogen (secondary N) is 1. The van der Waals surface area contributed by atoms with Crippen LogP contribution in [-0.4, -0.2) is 29.0 Å². The first kappa shape index (κ1) is 13.5. The van der Waals surface area contributed by atoms with Gasteiger partial charge >= 0.3 is 0 Å². The summed E-state index contributed by atoms with van der Waals surface area (Å²) < 4.78 is 7.38. The van der Waals surface area contributed by atoms with Gasteiger partial charge in [0.25, 0.3) is 0 Å². The molecule has 0 spiro atoms. The smallest absolute Gasteiger partial charge is 0.0624 e. The molecule has 102 valence electrons. The van der Waals surface area contributed by atoms with E-state index >= 15 is 0 Å². The van der Waals surface area contributed by atoms with Gasteiger partial charge in [-0.2, -0.15) is 5.10 Å². The molecule has 0 bridgehead atoms. The Balaban J connectivity index is 2.02. The van der Waals surface area contributed by atoms with E-state index in [2.05, 4.69) is 23.5 Å². The highest BCUT2D eigenvalue weighted by atomic mass is 16.5. The van der Waals surface area contributed by atoms with E-state index in [1.807, 2.05) is 11.7 Å². The van der Waals surface area contributed by atoms with Gasteiger partial charge in [-0.1, -0.05) is 6.92 Å². The number of ether oxygens (including phenoxy) is 1. The standard InChI is InChI=1S/C13H24N4O/c1-3-11-8-12(17(2)16-11)9-13(15-14)10-4-6-18-7-5-10/h8,10,13,15H,3-7,9,14H2,1-2H3. The average molecular weight is 252 g/mol. The fourth-order valence-electron chi connectivity index (χ4n) is 2.64. The lowest BCUT2D eigenvalue weighted by atomic mass is 9.89. The van der Waals surface area contributed by atoms with Gasteiger partial charge in [0.2, 0.25) is 0 Å². The number of nitrogens with two attached hydrogens (primary N) is 1. The van der Waals surface area contributed by atoms with Crippen molar-refractivity contribution in [2.24, 2.45) is 18.8 Å². The molecule has 5 heteroatoms. The number of hydrogen-bond donors (Lipinski definition) is 2. The minimum Gasteiger partial charge on any atom is -0.381 e. The second-order valence-corrected chi connectivity index (χ2v) is 5.03. The summed E-state index contributed by atoms with van der Waals surface area (Å²) in [5.74, 6) is 6.32. The van der Waals surface area contributed by atoms with Crippen LogP contribution in [0.5, 0.6) is 0 Å². The number of aromatic nitrogens is 2. The molecular formula is C13H24N4O. The van der Waals surface area contributed by atoms with Gasteiger partial charge in [0.15, 0.2) is 0 Å². The Kier molecular flexibility index (Phi) is 4.74. The number of hydrogen-bond acceptors (Lipinski definition) is 4. The van der Waals surface area contributed by atoms with Crippen LogP contribution in [0, 0.1) is 5.92 Å². The summed E-state index contributed by atoms with van der Waals surface area (Å²) >= 11 is 0. The fraction of sp³-hybridized carbons (Fsp3) is 0.769. The molecule has 1 fully saturated rings. The number of hydrazine groups is 1. The molecule has 1 aliphatic heterocycles. The molecule has 0 aliphatic carbocycles. The first-order valence-corrected chi connectivity index (χ1v) is 6.80. The first-order chi connectivity index (χ1) is 8.74. The molecule has 18 heavy (non-hydrogen) atoms. The predicted octanol–water partition coefficient (Wildman–Crippen LogP) is 0.783. The van der Waals surface area contributed by atoms with Gasteiger partial charge in [0.05, 0.1) is 5.69 Å². The lowest BCUT2D eigenvalue weighted by Crippen LogP contribution is -2.44. The predicted molar refractivity (Wildman–Crippen MR) is 70.9 cm³/mol. The Morgan fingerprint density at radius 3 is 2.83 bits per heavy atom. The van der Waals surface area contributed by atoms with E-state index in [0.29, 0.717) is 12.0 Å². The van der Waals surface area contributed by atoms with Gasteiger partial charge in [-0.3, -0.25) is 16.0 Å². The van der Waals surface area contributed by atoms with Crippen LogP contribution in [0.1, 0.15) is 31.2 Å². The average Bonchev–Trinajstić information content (AvgIpc) is 2.77. The van der Waals surface area contributed by atoms with Crippen LogP contribution in [0.4, 0.5) is 0 Å². The van der Waals surface area contributed by atoms with Crippen molar-refractivity contribution >= 4 is 0 Å². The van der Waals surface area contributed by atoms with E-state index in [1.165, 1.54) is 5.69 Å². The Hall–Kier alpha value is -0.910. The molecule has 1 aliphatic rings. The Morgan fingerprint density at radius 1 is 1.56 bits per heavy atom. The summed E-state index contributed by atoms with van der Waals surface area (Å²) in [7, 11) is 2.01. The summed E-state index contributed by atoms with van der Waals surface area (Å²) in [6, 6.07) is 2.50. The Labute approximate surface area is 109 Å². The zero-order valence-electron chi connectivity index (χ0n) is 11.4. The summed E-state index contributed by atoms with van der Waals surface area (Å²) in [6.45, 7) is 3.84. The third-order valence-electron chi connectivity index (χ3n) is 3.87. The van der Waals surface area contributed by atoms with E-state index < -0.39 is 0 Å². The third kappa shape index (κ3) is 3.10. The SMILES string of the molecule is CCc1cc(CC(NN)C2CCOCC2)n(C)n1. The zero-order valence-corrected chi connectivity index (χ0v) is 11.4. The van der Waals surface area contributed by atoms with Crippen molar-refractivity contribution in [2.45, 2.75) is 38.6 Å². The summed E-state index contributed by atoms with van der Waals surface area (Å²) in [5, 5.41) is 4.48. The van der Waals surface area contributed by atoms with Crippen LogP contribution < -0.4 is 11.3 Å².